The van der Waals surface area contributed by atoms with Crippen molar-refractivity contribution in [3.8, 4) is 0 Å². The Labute approximate surface area is 146 Å². The van der Waals surface area contributed by atoms with Crippen molar-refractivity contribution in [1.82, 2.24) is 15.0 Å². The molecule has 0 amide bonds. The zero-order chi connectivity index (χ0) is 17.4. The van der Waals surface area contributed by atoms with Crippen LogP contribution in [0.4, 0.5) is 0 Å². The maximum absolute atomic E-state index is 5.63. The Morgan fingerprint density at radius 2 is 2.04 bits per heavy atom. The summed E-state index contributed by atoms with van der Waals surface area (Å²) in [6, 6.07) is 0. The van der Waals surface area contributed by atoms with Crippen LogP contribution >= 0.6 is 0 Å². The van der Waals surface area contributed by atoms with Crippen LogP contribution in [0.2, 0.25) is 0 Å². The Morgan fingerprint density at radius 3 is 2.67 bits per heavy atom. The standard InChI is InChI=1S/C19H34N4O/c1-5-8-9-11-19(10-6-2,13-17-14-20-23(4)21-17)18-12-16(7-3)15-24-22-18/h14,16H,5-13,15H2,1-4H3. The number of hydrogen-bond donors (Lipinski definition) is 0. The van der Waals surface area contributed by atoms with E-state index < -0.39 is 0 Å². The van der Waals surface area contributed by atoms with Crippen molar-refractivity contribution < 1.29 is 4.84 Å². The molecule has 5 nitrogen and oxygen atoms in total. The number of unbranched alkanes of at least 4 members (excludes halogenated alkanes) is 2. The third kappa shape index (κ3) is 4.81. The maximum Gasteiger partial charge on any atom is 0.120 e. The summed E-state index contributed by atoms with van der Waals surface area (Å²) in [4.78, 5) is 7.29. The molecule has 0 aromatic carbocycles. The SMILES string of the molecule is CCCCCC(CCC)(Cc1cnn(C)n1)C1=NOCC(CC)C1. The van der Waals surface area contributed by atoms with Crippen molar-refractivity contribution in [3.63, 3.8) is 0 Å². The molecule has 1 aromatic rings. The molecule has 2 atom stereocenters. The highest BCUT2D eigenvalue weighted by Crippen LogP contribution is 2.39. The van der Waals surface area contributed by atoms with E-state index in [0.717, 1.165) is 44.4 Å². The Morgan fingerprint density at radius 1 is 1.21 bits per heavy atom. The summed E-state index contributed by atoms with van der Waals surface area (Å²) in [7, 11) is 1.89. The lowest BCUT2D eigenvalue weighted by atomic mass is 9.69. The lowest BCUT2D eigenvalue weighted by molar-refractivity contribution is 0.0840. The van der Waals surface area contributed by atoms with E-state index in [1.807, 2.05) is 13.2 Å². The molecule has 0 saturated heterocycles. The molecular formula is C19H34N4O. The van der Waals surface area contributed by atoms with E-state index in [9.17, 15) is 0 Å². The van der Waals surface area contributed by atoms with Crippen LogP contribution in [0.15, 0.2) is 11.4 Å². The average molecular weight is 335 g/mol. The van der Waals surface area contributed by atoms with E-state index >= 15 is 0 Å². The van der Waals surface area contributed by atoms with Crippen LogP contribution in [0.1, 0.15) is 77.8 Å². The topological polar surface area (TPSA) is 52.3 Å². The lowest BCUT2D eigenvalue weighted by Gasteiger charge is -2.37. The first-order chi connectivity index (χ1) is 11.6. The number of aromatic nitrogens is 3. The predicted octanol–water partition coefficient (Wildman–Crippen LogP) is 4.53. The van der Waals surface area contributed by atoms with Gasteiger partial charge in [0.05, 0.1) is 17.6 Å². The van der Waals surface area contributed by atoms with Crippen LogP contribution in [0.3, 0.4) is 0 Å². The maximum atomic E-state index is 5.63. The van der Waals surface area contributed by atoms with Gasteiger partial charge in [-0.25, -0.2) is 0 Å². The molecular weight excluding hydrogens is 300 g/mol. The van der Waals surface area contributed by atoms with E-state index in [0.29, 0.717) is 5.92 Å². The second-order valence-corrected chi connectivity index (χ2v) is 7.30. The number of nitrogens with zero attached hydrogens (tertiary/aromatic N) is 4. The van der Waals surface area contributed by atoms with Gasteiger partial charge in [0, 0.05) is 24.8 Å². The van der Waals surface area contributed by atoms with Crippen molar-refractivity contribution in [3.05, 3.63) is 11.9 Å². The van der Waals surface area contributed by atoms with Crippen LogP contribution < -0.4 is 0 Å². The van der Waals surface area contributed by atoms with Crippen molar-refractivity contribution in [1.29, 1.82) is 0 Å². The van der Waals surface area contributed by atoms with Crippen molar-refractivity contribution in [2.45, 2.75) is 78.6 Å². The van der Waals surface area contributed by atoms with Gasteiger partial charge < -0.3 is 4.84 Å². The molecule has 1 aromatic heterocycles. The Bertz CT molecular complexity index is 525. The fraction of sp³-hybridized carbons (Fsp3) is 0.842. The van der Waals surface area contributed by atoms with Gasteiger partial charge >= 0.3 is 0 Å². The third-order valence-corrected chi connectivity index (χ3v) is 5.31. The van der Waals surface area contributed by atoms with Gasteiger partial charge in [0.25, 0.3) is 0 Å². The van der Waals surface area contributed by atoms with Crippen LogP contribution in [0, 0.1) is 11.3 Å². The van der Waals surface area contributed by atoms with E-state index in [4.69, 9.17) is 4.84 Å². The lowest BCUT2D eigenvalue weighted by Crippen LogP contribution is -2.38. The summed E-state index contributed by atoms with van der Waals surface area (Å²) in [6.45, 7) is 7.55. The minimum Gasteiger partial charge on any atom is -0.396 e. The van der Waals surface area contributed by atoms with E-state index in [-0.39, 0.29) is 5.41 Å². The van der Waals surface area contributed by atoms with Gasteiger partial charge in [0.1, 0.15) is 6.61 Å². The Balaban J connectivity index is 2.27. The van der Waals surface area contributed by atoms with Crippen LogP contribution in [-0.4, -0.2) is 27.3 Å². The van der Waals surface area contributed by atoms with Crippen LogP contribution in [0.25, 0.3) is 0 Å². The molecule has 1 aliphatic heterocycles. The number of oxime groups is 1. The molecule has 0 spiro atoms. The zero-order valence-corrected chi connectivity index (χ0v) is 15.9. The van der Waals surface area contributed by atoms with E-state index in [1.165, 1.54) is 31.4 Å². The quantitative estimate of drug-likeness (QED) is 0.591. The summed E-state index contributed by atoms with van der Waals surface area (Å²) in [5, 5.41) is 13.4. The first kappa shape index (κ1) is 18.9. The molecule has 2 heterocycles. The smallest absolute Gasteiger partial charge is 0.120 e. The van der Waals surface area contributed by atoms with Crippen LogP contribution in [-0.2, 0) is 18.3 Å². The monoisotopic (exact) mass is 334 g/mol. The molecule has 24 heavy (non-hydrogen) atoms. The largest absolute Gasteiger partial charge is 0.396 e. The summed E-state index contributed by atoms with van der Waals surface area (Å²) >= 11 is 0. The van der Waals surface area contributed by atoms with Gasteiger partial charge in [-0.3, -0.25) is 0 Å². The van der Waals surface area contributed by atoms with Gasteiger partial charge in [-0.2, -0.15) is 15.0 Å². The van der Waals surface area contributed by atoms with Crippen molar-refractivity contribution >= 4 is 5.71 Å². The number of aryl methyl sites for hydroxylation is 1. The summed E-state index contributed by atoms with van der Waals surface area (Å²) in [5.41, 5.74) is 2.42. The molecule has 0 radical (unpaired) electrons. The molecule has 0 saturated carbocycles. The Hall–Kier alpha value is -1.39. The first-order valence-corrected chi connectivity index (χ1v) is 9.68. The highest BCUT2D eigenvalue weighted by Gasteiger charge is 2.38. The highest BCUT2D eigenvalue weighted by atomic mass is 16.6. The molecule has 0 aliphatic carbocycles. The molecule has 0 N–H and O–H groups in total. The Kier molecular flexibility index (Phi) is 7.25. The molecule has 2 unspecified atom stereocenters. The van der Waals surface area contributed by atoms with E-state index in [1.54, 1.807) is 4.80 Å². The normalized spacial score (nSPS) is 20.3. The van der Waals surface area contributed by atoms with Gasteiger partial charge in [-0.15, -0.1) is 0 Å². The fourth-order valence-electron chi connectivity index (χ4n) is 3.87. The molecule has 1 aliphatic rings. The summed E-state index contributed by atoms with van der Waals surface area (Å²) < 4.78 is 0. The van der Waals surface area contributed by atoms with Crippen molar-refractivity contribution in [2.24, 2.45) is 23.5 Å². The molecule has 0 bridgehead atoms. The van der Waals surface area contributed by atoms with Gasteiger partial charge in [0.15, 0.2) is 0 Å². The third-order valence-electron chi connectivity index (χ3n) is 5.31. The molecule has 136 valence electrons. The summed E-state index contributed by atoms with van der Waals surface area (Å²) in [5.74, 6) is 0.599. The first-order valence-electron chi connectivity index (χ1n) is 9.68. The number of hydrogen-bond acceptors (Lipinski definition) is 4. The summed E-state index contributed by atoms with van der Waals surface area (Å²) in [6.07, 6.45) is 12.3. The van der Waals surface area contributed by atoms with Crippen LogP contribution in [0.5, 0.6) is 0 Å². The molecule has 0 fully saturated rings. The second kappa shape index (κ2) is 9.19. The van der Waals surface area contributed by atoms with Gasteiger partial charge in [-0.05, 0) is 25.7 Å². The average Bonchev–Trinajstić information content (AvgIpc) is 3.00. The number of rotatable bonds is 10. The predicted molar refractivity (Wildman–Crippen MR) is 98.0 cm³/mol. The minimum absolute atomic E-state index is 0.0772. The van der Waals surface area contributed by atoms with E-state index in [2.05, 4.69) is 36.1 Å². The van der Waals surface area contributed by atoms with Gasteiger partial charge in [-0.1, -0.05) is 51.6 Å². The fourth-order valence-corrected chi connectivity index (χ4v) is 3.87. The zero-order valence-electron chi connectivity index (χ0n) is 15.9. The molecule has 5 heteroatoms. The second-order valence-electron chi connectivity index (χ2n) is 7.30. The van der Waals surface area contributed by atoms with Gasteiger partial charge in [0.2, 0.25) is 0 Å². The molecule has 2 rings (SSSR count). The minimum atomic E-state index is 0.0772. The highest BCUT2D eigenvalue weighted by molar-refractivity contribution is 5.90. The van der Waals surface area contributed by atoms with Crippen molar-refractivity contribution in [2.75, 3.05) is 6.61 Å².